The van der Waals surface area contributed by atoms with Crippen molar-refractivity contribution in [3.63, 3.8) is 0 Å². The lowest BCUT2D eigenvalue weighted by Gasteiger charge is -2.25. The lowest BCUT2D eigenvalue weighted by Crippen LogP contribution is -2.45. The van der Waals surface area contributed by atoms with Crippen LogP contribution in [0.1, 0.15) is 6.42 Å². The van der Waals surface area contributed by atoms with Gasteiger partial charge in [-0.2, -0.15) is 4.31 Å². The van der Waals surface area contributed by atoms with Crippen LogP contribution in [0.4, 0.5) is 0 Å². The Morgan fingerprint density at radius 1 is 1.30 bits per heavy atom. The number of carboxylic acids is 1. The summed E-state index contributed by atoms with van der Waals surface area (Å²) >= 11 is 0. The minimum Gasteiger partial charge on any atom is -0.480 e. The summed E-state index contributed by atoms with van der Waals surface area (Å²) in [4.78, 5) is 22.1. The van der Waals surface area contributed by atoms with Crippen molar-refractivity contribution in [3.05, 3.63) is 0 Å². The molecule has 0 aromatic carbocycles. The summed E-state index contributed by atoms with van der Waals surface area (Å²) in [7, 11) is -3.56. The van der Waals surface area contributed by atoms with Crippen molar-refractivity contribution in [2.75, 3.05) is 38.7 Å². The standard InChI is InChI=1S/C10H18N2O7S/c13-7-8(10(15)16)11-9(14)1-6-20(17,18)12-2-4-19-5-3-12/h8,13H,1-7H2,(H,11,14)(H,15,16). The quantitative estimate of drug-likeness (QED) is 0.477. The topological polar surface area (TPSA) is 133 Å². The van der Waals surface area contributed by atoms with Gasteiger partial charge in [0.2, 0.25) is 15.9 Å². The Bertz CT molecular complexity index is 445. The van der Waals surface area contributed by atoms with E-state index in [1.165, 1.54) is 4.31 Å². The zero-order chi connectivity index (χ0) is 15.2. The summed E-state index contributed by atoms with van der Waals surface area (Å²) in [6.45, 7) is 0.377. The number of amides is 1. The van der Waals surface area contributed by atoms with Gasteiger partial charge in [0.25, 0.3) is 0 Å². The fraction of sp³-hybridized carbons (Fsp3) is 0.800. The maximum absolute atomic E-state index is 11.9. The molecule has 1 fully saturated rings. The van der Waals surface area contributed by atoms with Crippen LogP contribution in [0.25, 0.3) is 0 Å². The highest BCUT2D eigenvalue weighted by Gasteiger charge is 2.26. The summed E-state index contributed by atoms with van der Waals surface area (Å²) in [6, 6.07) is -1.42. The summed E-state index contributed by atoms with van der Waals surface area (Å²) in [6.07, 6.45) is -0.358. The predicted octanol–water partition coefficient (Wildman–Crippen LogP) is -2.40. The Hall–Kier alpha value is -1.23. The molecule has 1 aliphatic rings. The molecule has 10 heteroatoms. The average molecular weight is 310 g/mol. The zero-order valence-corrected chi connectivity index (χ0v) is 11.6. The van der Waals surface area contributed by atoms with Crippen LogP contribution < -0.4 is 5.32 Å². The number of ether oxygens (including phenoxy) is 1. The molecule has 9 nitrogen and oxygen atoms in total. The number of carbonyl (C=O) groups excluding carboxylic acids is 1. The van der Waals surface area contributed by atoms with Crippen LogP contribution in [0, 0.1) is 0 Å². The van der Waals surface area contributed by atoms with Gasteiger partial charge in [-0.05, 0) is 0 Å². The maximum atomic E-state index is 11.9. The van der Waals surface area contributed by atoms with Gasteiger partial charge in [-0.1, -0.05) is 0 Å². The number of aliphatic hydroxyl groups is 1. The Morgan fingerprint density at radius 3 is 2.40 bits per heavy atom. The summed E-state index contributed by atoms with van der Waals surface area (Å²) in [5.41, 5.74) is 0. The predicted molar refractivity (Wildman–Crippen MR) is 67.4 cm³/mol. The molecule has 116 valence electrons. The molecular weight excluding hydrogens is 292 g/mol. The number of nitrogens with zero attached hydrogens (tertiary/aromatic N) is 1. The smallest absolute Gasteiger partial charge is 0.328 e. The highest BCUT2D eigenvalue weighted by atomic mass is 32.2. The molecule has 1 unspecified atom stereocenters. The van der Waals surface area contributed by atoms with E-state index in [1.54, 1.807) is 0 Å². The van der Waals surface area contributed by atoms with Crippen molar-refractivity contribution in [2.45, 2.75) is 12.5 Å². The number of hydrogen-bond acceptors (Lipinski definition) is 6. The Balaban J connectivity index is 2.45. The van der Waals surface area contributed by atoms with Crippen molar-refractivity contribution in [1.29, 1.82) is 0 Å². The number of carbonyl (C=O) groups is 2. The molecule has 0 aromatic heterocycles. The van der Waals surface area contributed by atoms with E-state index in [0.717, 1.165) is 0 Å². The van der Waals surface area contributed by atoms with E-state index in [0.29, 0.717) is 13.2 Å². The molecule has 0 aliphatic carbocycles. The molecule has 1 amide bonds. The lowest BCUT2D eigenvalue weighted by atomic mass is 10.3. The minimum absolute atomic E-state index is 0.248. The van der Waals surface area contributed by atoms with Crippen LogP contribution in [-0.2, 0) is 24.3 Å². The van der Waals surface area contributed by atoms with Crippen molar-refractivity contribution in [2.24, 2.45) is 0 Å². The molecule has 1 rings (SSSR count). The van der Waals surface area contributed by atoms with E-state index < -0.39 is 40.3 Å². The van der Waals surface area contributed by atoms with Crippen molar-refractivity contribution in [3.8, 4) is 0 Å². The fourth-order valence-electron chi connectivity index (χ4n) is 1.63. The van der Waals surface area contributed by atoms with Gasteiger partial charge >= 0.3 is 5.97 Å². The fourth-order valence-corrected chi connectivity index (χ4v) is 3.03. The second-order valence-corrected chi connectivity index (χ2v) is 6.31. The highest BCUT2D eigenvalue weighted by Crippen LogP contribution is 2.06. The van der Waals surface area contributed by atoms with Gasteiger partial charge in [-0.3, -0.25) is 4.79 Å². The van der Waals surface area contributed by atoms with Crippen LogP contribution in [-0.4, -0.2) is 79.5 Å². The number of aliphatic hydroxyl groups excluding tert-OH is 1. The summed E-state index contributed by atoms with van der Waals surface area (Å²) < 4.78 is 30.1. The molecule has 1 saturated heterocycles. The van der Waals surface area contributed by atoms with Crippen LogP contribution >= 0.6 is 0 Å². The molecule has 20 heavy (non-hydrogen) atoms. The van der Waals surface area contributed by atoms with Gasteiger partial charge in [0.15, 0.2) is 0 Å². The molecule has 1 aliphatic heterocycles. The summed E-state index contributed by atoms with van der Waals surface area (Å²) in [5, 5.41) is 19.4. The van der Waals surface area contributed by atoms with Crippen LogP contribution in [0.2, 0.25) is 0 Å². The second kappa shape index (κ2) is 7.53. The van der Waals surface area contributed by atoms with E-state index in [9.17, 15) is 18.0 Å². The van der Waals surface area contributed by atoms with Gasteiger partial charge in [0.1, 0.15) is 6.04 Å². The van der Waals surface area contributed by atoms with Gasteiger partial charge in [-0.25, -0.2) is 13.2 Å². The Kier molecular flexibility index (Phi) is 6.33. The molecule has 3 N–H and O–H groups in total. The van der Waals surface area contributed by atoms with Crippen molar-refractivity contribution in [1.82, 2.24) is 9.62 Å². The molecular formula is C10H18N2O7S. The molecule has 0 saturated carbocycles. The molecule has 0 bridgehead atoms. The zero-order valence-electron chi connectivity index (χ0n) is 10.8. The third-order valence-corrected chi connectivity index (χ3v) is 4.64. The first-order chi connectivity index (χ1) is 9.36. The third kappa shape index (κ3) is 5.04. The molecule has 1 atom stereocenters. The van der Waals surface area contributed by atoms with Gasteiger partial charge in [-0.15, -0.1) is 0 Å². The highest BCUT2D eigenvalue weighted by molar-refractivity contribution is 7.89. The SMILES string of the molecule is O=C(CCS(=O)(=O)N1CCOCC1)NC(CO)C(=O)O. The van der Waals surface area contributed by atoms with Crippen LogP contribution in [0.15, 0.2) is 0 Å². The molecule has 1 heterocycles. The normalized spacial score (nSPS) is 18.4. The third-order valence-electron chi connectivity index (χ3n) is 2.77. The monoisotopic (exact) mass is 310 g/mol. The second-order valence-electron chi connectivity index (χ2n) is 4.22. The van der Waals surface area contributed by atoms with Gasteiger partial charge in [0.05, 0.1) is 25.6 Å². The maximum Gasteiger partial charge on any atom is 0.328 e. The van der Waals surface area contributed by atoms with Crippen molar-refractivity contribution < 1.29 is 33.0 Å². The minimum atomic E-state index is -3.56. The first-order valence-corrected chi connectivity index (χ1v) is 7.66. The van der Waals surface area contributed by atoms with E-state index in [1.807, 2.05) is 5.32 Å². The van der Waals surface area contributed by atoms with E-state index >= 15 is 0 Å². The first-order valence-electron chi connectivity index (χ1n) is 6.05. The number of aliphatic carboxylic acids is 1. The molecule has 0 radical (unpaired) electrons. The molecule has 0 aromatic rings. The van der Waals surface area contributed by atoms with Crippen LogP contribution in [0.3, 0.4) is 0 Å². The van der Waals surface area contributed by atoms with Crippen molar-refractivity contribution >= 4 is 21.9 Å². The molecule has 0 spiro atoms. The Labute approximate surface area is 116 Å². The van der Waals surface area contributed by atoms with E-state index in [4.69, 9.17) is 14.9 Å². The number of hydrogen-bond donors (Lipinski definition) is 3. The largest absolute Gasteiger partial charge is 0.480 e. The number of nitrogens with one attached hydrogen (secondary N) is 1. The average Bonchev–Trinajstić information content (AvgIpc) is 2.43. The van der Waals surface area contributed by atoms with Gasteiger partial charge < -0.3 is 20.3 Å². The lowest BCUT2D eigenvalue weighted by molar-refractivity contribution is -0.142. The number of rotatable bonds is 7. The van der Waals surface area contributed by atoms with Crippen LogP contribution in [0.5, 0.6) is 0 Å². The van der Waals surface area contributed by atoms with E-state index in [-0.39, 0.29) is 19.5 Å². The number of carboxylic acid groups (broad SMARTS) is 1. The number of sulfonamides is 1. The first kappa shape index (κ1) is 16.8. The number of morpholine rings is 1. The van der Waals surface area contributed by atoms with E-state index in [2.05, 4.69) is 0 Å². The van der Waals surface area contributed by atoms with Gasteiger partial charge in [0, 0.05) is 19.5 Å². The Morgan fingerprint density at radius 2 is 1.90 bits per heavy atom. The summed E-state index contributed by atoms with van der Waals surface area (Å²) in [5.74, 6) is -2.52.